The molecule has 0 aliphatic carbocycles. The number of carbonyl (C=O) groups is 1. The highest BCUT2D eigenvalue weighted by atomic mass is 19.3. The topological polar surface area (TPSA) is 60.0 Å². The van der Waals surface area contributed by atoms with Gasteiger partial charge in [0.15, 0.2) is 11.5 Å². The molecule has 0 atom stereocenters. The Bertz CT molecular complexity index is 754. The summed E-state index contributed by atoms with van der Waals surface area (Å²) in [7, 11) is 4.85. The third kappa shape index (κ3) is 6.41. The van der Waals surface area contributed by atoms with Gasteiger partial charge < -0.3 is 19.5 Å². The van der Waals surface area contributed by atoms with Crippen molar-refractivity contribution in [3.63, 3.8) is 0 Å². The number of nitrogens with zero attached hydrogens (tertiary/aromatic N) is 1. The molecule has 2 aromatic rings. The fraction of sp³-hybridized carbons (Fsp3) is 0.316. The quantitative estimate of drug-likeness (QED) is 0.723. The molecule has 0 saturated carbocycles. The van der Waals surface area contributed by atoms with Crippen LogP contribution in [-0.2, 0) is 11.3 Å². The van der Waals surface area contributed by atoms with Gasteiger partial charge in [0.05, 0.1) is 20.8 Å². The Kier molecular flexibility index (Phi) is 7.36. The Balaban J connectivity index is 1.88. The number of ether oxygens (including phenoxy) is 3. The molecule has 8 heteroatoms. The molecule has 1 amide bonds. The number of hydrogen-bond acceptors (Lipinski definition) is 5. The first-order valence-electron chi connectivity index (χ1n) is 8.15. The Morgan fingerprint density at radius 1 is 1.07 bits per heavy atom. The minimum atomic E-state index is -2.85. The van der Waals surface area contributed by atoms with E-state index in [-0.39, 0.29) is 18.2 Å². The SMILES string of the molecule is COc1ccc(NC(=O)CN(C)Cc2ccc(OC(F)F)cc2)cc1OC. The largest absolute Gasteiger partial charge is 0.493 e. The molecular weight excluding hydrogens is 358 g/mol. The van der Waals surface area contributed by atoms with E-state index in [1.54, 1.807) is 42.3 Å². The van der Waals surface area contributed by atoms with Crippen LogP contribution in [0.3, 0.4) is 0 Å². The maximum Gasteiger partial charge on any atom is 0.387 e. The number of amides is 1. The van der Waals surface area contributed by atoms with Gasteiger partial charge >= 0.3 is 6.61 Å². The van der Waals surface area contributed by atoms with Crippen molar-refractivity contribution in [2.45, 2.75) is 13.2 Å². The van der Waals surface area contributed by atoms with Crippen molar-refractivity contribution in [2.24, 2.45) is 0 Å². The van der Waals surface area contributed by atoms with E-state index >= 15 is 0 Å². The van der Waals surface area contributed by atoms with Crippen LogP contribution in [0.2, 0.25) is 0 Å². The van der Waals surface area contributed by atoms with E-state index < -0.39 is 6.61 Å². The first-order chi connectivity index (χ1) is 12.9. The molecule has 0 aliphatic heterocycles. The zero-order valence-corrected chi connectivity index (χ0v) is 15.4. The van der Waals surface area contributed by atoms with Crippen LogP contribution in [0.5, 0.6) is 17.2 Å². The van der Waals surface area contributed by atoms with E-state index in [2.05, 4.69) is 10.1 Å². The Labute approximate surface area is 156 Å². The highest BCUT2D eigenvalue weighted by Crippen LogP contribution is 2.29. The van der Waals surface area contributed by atoms with E-state index in [1.165, 1.54) is 26.4 Å². The fourth-order valence-corrected chi connectivity index (χ4v) is 2.50. The smallest absolute Gasteiger partial charge is 0.387 e. The number of halogens is 2. The molecule has 1 N–H and O–H groups in total. The van der Waals surface area contributed by atoms with Crippen LogP contribution in [0.25, 0.3) is 0 Å². The van der Waals surface area contributed by atoms with Crippen LogP contribution in [0.1, 0.15) is 5.56 Å². The second-order valence-corrected chi connectivity index (χ2v) is 5.81. The summed E-state index contributed by atoms with van der Waals surface area (Å²) in [6, 6.07) is 11.4. The summed E-state index contributed by atoms with van der Waals surface area (Å²) in [6.45, 7) is -2.21. The fourth-order valence-electron chi connectivity index (χ4n) is 2.50. The van der Waals surface area contributed by atoms with E-state index in [1.807, 2.05) is 0 Å². The molecule has 2 aromatic carbocycles. The summed E-state index contributed by atoms with van der Waals surface area (Å²) in [6.07, 6.45) is 0. The van der Waals surface area contributed by atoms with Gasteiger partial charge in [0.25, 0.3) is 0 Å². The molecule has 0 bridgehead atoms. The second kappa shape index (κ2) is 9.72. The number of alkyl halides is 2. The molecule has 0 saturated heterocycles. The van der Waals surface area contributed by atoms with Gasteiger partial charge in [-0.1, -0.05) is 12.1 Å². The highest BCUT2D eigenvalue weighted by Gasteiger charge is 2.11. The minimum Gasteiger partial charge on any atom is -0.493 e. The maximum absolute atomic E-state index is 12.2. The van der Waals surface area contributed by atoms with Gasteiger partial charge in [-0.2, -0.15) is 8.78 Å². The number of rotatable bonds is 9. The second-order valence-electron chi connectivity index (χ2n) is 5.81. The molecule has 0 spiro atoms. The van der Waals surface area contributed by atoms with E-state index in [0.29, 0.717) is 23.7 Å². The average Bonchev–Trinajstić information content (AvgIpc) is 2.62. The molecule has 27 heavy (non-hydrogen) atoms. The summed E-state index contributed by atoms with van der Waals surface area (Å²) >= 11 is 0. The summed E-state index contributed by atoms with van der Waals surface area (Å²) in [5.74, 6) is 1.01. The Morgan fingerprint density at radius 2 is 1.74 bits per heavy atom. The molecule has 0 unspecified atom stereocenters. The molecule has 0 heterocycles. The first kappa shape index (κ1) is 20.4. The lowest BCUT2D eigenvalue weighted by molar-refractivity contribution is -0.117. The number of benzene rings is 2. The van der Waals surface area contributed by atoms with Crippen molar-refractivity contribution in [2.75, 3.05) is 33.1 Å². The minimum absolute atomic E-state index is 0.0996. The van der Waals surface area contributed by atoms with Gasteiger partial charge in [0.1, 0.15) is 5.75 Å². The number of anilines is 1. The van der Waals surface area contributed by atoms with Gasteiger partial charge in [-0.25, -0.2) is 0 Å². The van der Waals surface area contributed by atoms with E-state index in [9.17, 15) is 13.6 Å². The average molecular weight is 380 g/mol. The standard InChI is InChI=1S/C19H22F2N2O4/c1-23(11-13-4-7-15(8-5-13)27-19(20)21)12-18(24)22-14-6-9-16(25-2)17(10-14)26-3/h4-10,19H,11-12H2,1-3H3,(H,22,24). The van der Waals surface area contributed by atoms with Gasteiger partial charge in [-0.05, 0) is 36.9 Å². The molecule has 146 valence electrons. The molecule has 6 nitrogen and oxygen atoms in total. The van der Waals surface area contributed by atoms with Gasteiger partial charge in [-0.15, -0.1) is 0 Å². The molecule has 0 aromatic heterocycles. The summed E-state index contributed by atoms with van der Waals surface area (Å²) < 4.78 is 39.0. The summed E-state index contributed by atoms with van der Waals surface area (Å²) in [5.41, 5.74) is 1.47. The zero-order chi connectivity index (χ0) is 19.8. The molecule has 0 radical (unpaired) electrons. The lowest BCUT2D eigenvalue weighted by Gasteiger charge is -2.17. The number of hydrogen-bond donors (Lipinski definition) is 1. The predicted molar refractivity (Wildman–Crippen MR) is 97.6 cm³/mol. The molecular formula is C19H22F2N2O4. The van der Waals surface area contributed by atoms with Gasteiger partial charge in [0, 0.05) is 18.3 Å². The lowest BCUT2D eigenvalue weighted by Crippen LogP contribution is -2.29. The number of likely N-dealkylation sites (N-methyl/N-ethyl adjacent to an activating group) is 1. The third-order valence-corrected chi connectivity index (χ3v) is 3.68. The number of methoxy groups -OCH3 is 2. The Morgan fingerprint density at radius 3 is 2.33 bits per heavy atom. The van der Waals surface area contributed by atoms with Crippen LogP contribution in [0.15, 0.2) is 42.5 Å². The predicted octanol–water partition coefficient (Wildman–Crippen LogP) is 3.38. The van der Waals surface area contributed by atoms with Crippen LogP contribution in [0.4, 0.5) is 14.5 Å². The first-order valence-corrected chi connectivity index (χ1v) is 8.15. The summed E-state index contributed by atoms with van der Waals surface area (Å²) in [5, 5.41) is 2.80. The zero-order valence-electron chi connectivity index (χ0n) is 15.4. The molecule has 0 aliphatic rings. The number of nitrogens with one attached hydrogen (secondary N) is 1. The third-order valence-electron chi connectivity index (χ3n) is 3.68. The Hall–Kier alpha value is -2.87. The number of carbonyl (C=O) groups excluding carboxylic acids is 1. The van der Waals surface area contributed by atoms with Crippen LogP contribution < -0.4 is 19.5 Å². The highest BCUT2D eigenvalue weighted by molar-refractivity contribution is 5.92. The van der Waals surface area contributed by atoms with E-state index in [4.69, 9.17) is 9.47 Å². The maximum atomic E-state index is 12.2. The van der Waals surface area contributed by atoms with Crippen molar-refractivity contribution >= 4 is 11.6 Å². The normalized spacial score (nSPS) is 10.8. The van der Waals surface area contributed by atoms with Crippen molar-refractivity contribution in [1.82, 2.24) is 4.90 Å². The van der Waals surface area contributed by atoms with Crippen molar-refractivity contribution in [1.29, 1.82) is 0 Å². The van der Waals surface area contributed by atoms with Crippen LogP contribution >= 0.6 is 0 Å². The van der Waals surface area contributed by atoms with Gasteiger partial charge in [0.2, 0.25) is 5.91 Å². The molecule has 2 rings (SSSR count). The van der Waals surface area contributed by atoms with E-state index in [0.717, 1.165) is 5.56 Å². The van der Waals surface area contributed by atoms with Crippen molar-refractivity contribution < 1.29 is 27.8 Å². The monoisotopic (exact) mass is 380 g/mol. The van der Waals surface area contributed by atoms with Crippen molar-refractivity contribution in [3.05, 3.63) is 48.0 Å². The van der Waals surface area contributed by atoms with Crippen LogP contribution in [0, 0.1) is 0 Å². The van der Waals surface area contributed by atoms with Crippen molar-refractivity contribution in [3.8, 4) is 17.2 Å². The van der Waals surface area contributed by atoms with Crippen LogP contribution in [-0.4, -0.2) is 45.2 Å². The lowest BCUT2D eigenvalue weighted by atomic mass is 10.2. The van der Waals surface area contributed by atoms with Gasteiger partial charge in [-0.3, -0.25) is 9.69 Å². The molecule has 0 fully saturated rings. The summed E-state index contributed by atoms with van der Waals surface area (Å²) in [4.78, 5) is 14.0.